The van der Waals surface area contributed by atoms with Gasteiger partial charge in [-0.2, -0.15) is 4.98 Å². The van der Waals surface area contributed by atoms with Crippen molar-refractivity contribution in [3.63, 3.8) is 0 Å². The maximum Gasteiger partial charge on any atom is 0.293 e. The summed E-state index contributed by atoms with van der Waals surface area (Å²) < 4.78 is 30.0. The van der Waals surface area contributed by atoms with Crippen LogP contribution in [0.2, 0.25) is 5.02 Å². The Labute approximate surface area is 381 Å². The summed E-state index contributed by atoms with van der Waals surface area (Å²) in [6.07, 6.45) is 7.62. The topological polar surface area (TPSA) is 180 Å². The summed E-state index contributed by atoms with van der Waals surface area (Å²) in [5.74, 6) is -0.710. The number of halogens is 2. The molecule has 1 atom stereocenters. The number of nitrogens with one attached hydrogen (secondary N) is 3. The summed E-state index contributed by atoms with van der Waals surface area (Å²) in [7, 11) is 1.51. The third kappa shape index (κ3) is 8.89. The maximum absolute atomic E-state index is 16.2. The number of rotatable bonds is 12. The number of aromatic nitrogens is 3. The van der Waals surface area contributed by atoms with E-state index in [9.17, 15) is 24.0 Å². The highest BCUT2D eigenvalue weighted by Gasteiger charge is 2.43. The monoisotopic (exact) mass is 911 g/mol. The highest BCUT2D eigenvalue weighted by atomic mass is 35.5. The molecule has 65 heavy (non-hydrogen) atoms. The van der Waals surface area contributed by atoms with Crippen LogP contribution in [0, 0.1) is 12.7 Å². The van der Waals surface area contributed by atoms with E-state index >= 15 is 4.39 Å². The van der Waals surface area contributed by atoms with Crippen molar-refractivity contribution in [1.82, 2.24) is 35.0 Å². The first-order valence-electron chi connectivity index (χ1n) is 22.7. The molecule has 5 aliphatic rings. The fourth-order valence-electron chi connectivity index (χ4n) is 10.2. The van der Waals surface area contributed by atoms with Crippen LogP contribution in [0.4, 0.5) is 21.8 Å². The summed E-state index contributed by atoms with van der Waals surface area (Å²) in [5.41, 5.74) is 3.22. The number of carbonyl (C=O) groups is 4. The number of pyridine rings is 1. The minimum Gasteiger partial charge on any atom is -0.478 e. The van der Waals surface area contributed by atoms with Gasteiger partial charge in [-0.25, -0.2) is 9.37 Å². The zero-order valence-corrected chi connectivity index (χ0v) is 37.9. The van der Waals surface area contributed by atoms with Crippen LogP contribution in [-0.2, 0) is 25.7 Å². The third-order valence-electron chi connectivity index (χ3n) is 13.8. The first-order valence-corrected chi connectivity index (χ1v) is 23.1. The molecule has 1 aliphatic carbocycles. The van der Waals surface area contributed by atoms with Crippen LogP contribution >= 0.6 is 11.6 Å². The molecular formula is C47H55ClFN9O7. The Morgan fingerprint density at radius 2 is 1.75 bits per heavy atom. The SMILES string of the molecule is CNC(=O)COc1cc2cc(Nc3nc(N4CCC(OC5CC(N6CCC(c7cc(C)c8c(c7F)CN([C@@H]7CCC(=O)NC7=O)C8=O)CC6)C5)CC4)ncc3Cl)ccc2n(C(C)C)c1=O. The summed E-state index contributed by atoms with van der Waals surface area (Å²) in [4.78, 5) is 78.2. The van der Waals surface area contributed by atoms with Crippen LogP contribution in [0.1, 0.15) is 104 Å². The van der Waals surface area contributed by atoms with Gasteiger partial charge in [-0.3, -0.25) is 29.3 Å². The number of aryl methyl sites for hydroxylation is 1. The lowest BCUT2D eigenvalue weighted by Crippen LogP contribution is -2.52. The molecule has 2 aromatic carbocycles. The molecule has 0 spiro atoms. The van der Waals surface area contributed by atoms with Gasteiger partial charge >= 0.3 is 0 Å². The van der Waals surface area contributed by atoms with Crippen molar-refractivity contribution in [2.75, 3.05) is 50.1 Å². The molecule has 6 heterocycles. The third-order valence-corrected chi connectivity index (χ3v) is 14.1. The van der Waals surface area contributed by atoms with E-state index in [4.69, 9.17) is 26.1 Å². The lowest BCUT2D eigenvalue weighted by atomic mass is 9.82. The van der Waals surface area contributed by atoms with E-state index in [0.29, 0.717) is 45.2 Å². The van der Waals surface area contributed by atoms with E-state index in [1.807, 2.05) is 45.0 Å². The summed E-state index contributed by atoms with van der Waals surface area (Å²) >= 11 is 6.60. The summed E-state index contributed by atoms with van der Waals surface area (Å²) in [6, 6.07) is 8.61. The Balaban J connectivity index is 0.753. The molecule has 0 bridgehead atoms. The van der Waals surface area contributed by atoms with Crippen molar-refractivity contribution in [2.24, 2.45) is 0 Å². The molecule has 2 aromatic heterocycles. The van der Waals surface area contributed by atoms with Crippen molar-refractivity contribution in [2.45, 2.75) is 115 Å². The van der Waals surface area contributed by atoms with Crippen LogP contribution in [0.5, 0.6) is 5.75 Å². The molecular weight excluding hydrogens is 857 g/mol. The normalized spacial score (nSPS) is 22.0. The average Bonchev–Trinajstić information content (AvgIpc) is 3.63. The van der Waals surface area contributed by atoms with Gasteiger partial charge in [-0.05, 0) is 120 Å². The van der Waals surface area contributed by atoms with Gasteiger partial charge in [0, 0.05) is 55.3 Å². The minimum atomic E-state index is -0.774. The molecule has 3 saturated heterocycles. The Morgan fingerprint density at radius 3 is 2.46 bits per heavy atom. The van der Waals surface area contributed by atoms with Crippen molar-refractivity contribution < 1.29 is 33.0 Å². The number of ether oxygens (including phenoxy) is 2. The fraction of sp³-hybridized carbons (Fsp3) is 0.511. The van der Waals surface area contributed by atoms with Crippen LogP contribution in [0.25, 0.3) is 10.9 Å². The molecule has 16 nitrogen and oxygen atoms in total. The lowest BCUT2D eigenvalue weighted by molar-refractivity contribution is -0.137. The van der Waals surface area contributed by atoms with E-state index in [1.54, 1.807) is 16.8 Å². The number of fused-ring (bicyclic) bond motifs is 2. The number of piperidine rings is 3. The highest BCUT2D eigenvalue weighted by molar-refractivity contribution is 6.33. The second kappa shape index (κ2) is 18.3. The molecule has 18 heteroatoms. The Bertz CT molecular complexity index is 2600. The number of carbonyl (C=O) groups excluding carboxylic acids is 4. The molecule has 1 saturated carbocycles. The first kappa shape index (κ1) is 44.5. The van der Waals surface area contributed by atoms with E-state index in [0.717, 1.165) is 81.2 Å². The highest BCUT2D eigenvalue weighted by Crippen LogP contribution is 2.40. The molecule has 344 valence electrons. The van der Waals surface area contributed by atoms with Gasteiger partial charge in [-0.1, -0.05) is 17.7 Å². The van der Waals surface area contributed by atoms with Gasteiger partial charge in [0.25, 0.3) is 17.4 Å². The second-order valence-corrected chi connectivity index (χ2v) is 18.6. The fourth-order valence-corrected chi connectivity index (χ4v) is 10.3. The molecule has 4 fully saturated rings. The molecule has 0 radical (unpaired) electrons. The molecule has 3 N–H and O–H groups in total. The number of likely N-dealkylation sites (tertiary alicyclic amines) is 1. The Morgan fingerprint density at radius 1 is 1.00 bits per heavy atom. The predicted octanol–water partition coefficient (Wildman–Crippen LogP) is 5.50. The predicted molar refractivity (Wildman–Crippen MR) is 242 cm³/mol. The number of hydrogen-bond acceptors (Lipinski definition) is 12. The van der Waals surface area contributed by atoms with Crippen molar-refractivity contribution in [3.05, 3.63) is 80.0 Å². The zero-order chi connectivity index (χ0) is 45.7. The van der Waals surface area contributed by atoms with Crippen LogP contribution < -0.4 is 31.1 Å². The molecule has 4 aromatic rings. The van der Waals surface area contributed by atoms with E-state index < -0.39 is 11.9 Å². The number of benzene rings is 2. The number of hydrogen-bond donors (Lipinski definition) is 3. The van der Waals surface area contributed by atoms with Gasteiger partial charge in [-0.15, -0.1) is 0 Å². The van der Waals surface area contributed by atoms with Crippen molar-refractivity contribution in [1.29, 1.82) is 0 Å². The smallest absolute Gasteiger partial charge is 0.293 e. The van der Waals surface area contributed by atoms with Gasteiger partial charge in [0.2, 0.25) is 17.8 Å². The van der Waals surface area contributed by atoms with E-state index in [2.05, 4.69) is 30.7 Å². The molecule has 0 unspecified atom stereocenters. The van der Waals surface area contributed by atoms with E-state index in [-0.39, 0.29) is 85.0 Å². The zero-order valence-electron chi connectivity index (χ0n) is 37.1. The number of amides is 4. The second-order valence-electron chi connectivity index (χ2n) is 18.2. The van der Waals surface area contributed by atoms with Crippen molar-refractivity contribution >= 4 is 63.6 Å². The molecule has 4 aliphatic heterocycles. The summed E-state index contributed by atoms with van der Waals surface area (Å²) in [6.45, 7) is 8.65. The van der Waals surface area contributed by atoms with Crippen LogP contribution in [0.3, 0.4) is 0 Å². The van der Waals surface area contributed by atoms with Gasteiger partial charge in [0.15, 0.2) is 18.2 Å². The quantitative estimate of drug-likeness (QED) is 0.152. The first-order chi connectivity index (χ1) is 31.3. The van der Waals surface area contributed by atoms with Gasteiger partial charge in [0.05, 0.1) is 36.0 Å². The Hall–Kier alpha value is -5.65. The average molecular weight is 912 g/mol. The largest absolute Gasteiger partial charge is 0.478 e. The Kier molecular flexibility index (Phi) is 12.6. The van der Waals surface area contributed by atoms with Crippen molar-refractivity contribution in [3.8, 4) is 5.75 Å². The van der Waals surface area contributed by atoms with Gasteiger partial charge < -0.3 is 39.4 Å². The van der Waals surface area contributed by atoms with Crippen LogP contribution in [0.15, 0.2) is 41.3 Å². The van der Waals surface area contributed by atoms with Gasteiger partial charge in [0.1, 0.15) is 16.9 Å². The lowest BCUT2D eigenvalue weighted by Gasteiger charge is -2.47. The number of likely N-dealkylation sites (N-methyl/N-ethyl adjacent to an activating group) is 1. The number of anilines is 3. The maximum atomic E-state index is 16.2. The minimum absolute atomic E-state index is 0.0388. The number of nitrogens with zero attached hydrogens (tertiary/aromatic N) is 6. The molecule has 4 amide bonds. The van der Waals surface area contributed by atoms with Crippen LogP contribution in [-0.4, -0.2) is 112 Å². The number of imide groups is 1. The van der Waals surface area contributed by atoms with E-state index in [1.165, 1.54) is 11.9 Å². The molecule has 9 rings (SSSR count). The standard InChI is InChI=1S/C47H55ClFN9O7/c1-25(2)58-36-6-5-29(18-28(36)19-38(45(58)62)64-24-40(60)50-4)52-43-35(48)22-51-47(54-43)56-15-11-31(12-16-56)65-32-20-30(21-32)55-13-9-27(10-14-55)33-17-26(3)41-34(42(33)49)23-57(46(41)63)37-7-8-39(59)53-44(37)61/h5-6,17-19,22,25,27,30-32,37H,7-16,20-21,23-24H2,1-4H3,(H,50,60)(H,51,52,54)(H,53,59,61)/t30?,32?,37-/m1/s1. The summed E-state index contributed by atoms with van der Waals surface area (Å²) in [5, 5.41) is 9.25.